The van der Waals surface area contributed by atoms with Crippen LogP contribution in [0, 0.1) is 19.7 Å². The number of anilines is 1. The standard InChI is InChI=1S/C29H22FN3O2/c1-15-11-26(31)33-16(2)25(15)14-32-29(34)19-6-10-22-24(13-19)28-21-9-5-18(12-23(21)27(22)35-28)17-3-7-20(30)8-4-17/h3-13H,14H2,1-2H3,(H2,31,33)(H,32,34). The zero-order valence-electron chi connectivity index (χ0n) is 19.3. The summed E-state index contributed by atoms with van der Waals surface area (Å²) in [6, 6.07) is 20.0. The number of nitrogens with one attached hydrogen (secondary N) is 1. The van der Waals surface area contributed by atoms with Crippen LogP contribution in [0.2, 0.25) is 0 Å². The van der Waals surface area contributed by atoms with Crippen molar-refractivity contribution in [3.8, 4) is 11.1 Å². The van der Waals surface area contributed by atoms with E-state index in [4.69, 9.17) is 10.2 Å². The van der Waals surface area contributed by atoms with Gasteiger partial charge in [-0.25, -0.2) is 9.37 Å². The van der Waals surface area contributed by atoms with E-state index in [1.54, 1.807) is 12.1 Å². The van der Waals surface area contributed by atoms with Crippen LogP contribution in [-0.4, -0.2) is 10.9 Å². The molecule has 0 radical (unpaired) electrons. The summed E-state index contributed by atoms with van der Waals surface area (Å²) in [5.41, 5.74) is 12.6. The van der Waals surface area contributed by atoms with Gasteiger partial charge in [-0.1, -0.05) is 18.2 Å². The number of nitrogen functional groups attached to an aromatic ring is 1. The van der Waals surface area contributed by atoms with E-state index >= 15 is 0 Å². The van der Waals surface area contributed by atoms with Gasteiger partial charge in [0.25, 0.3) is 5.91 Å². The van der Waals surface area contributed by atoms with Crippen LogP contribution >= 0.6 is 0 Å². The predicted octanol–water partition coefficient (Wildman–Crippen LogP) is 6.51. The molecule has 35 heavy (non-hydrogen) atoms. The minimum atomic E-state index is -0.258. The zero-order chi connectivity index (χ0) is 24.3. The molecule has 172 valence electrons. The fraction of sp³-hybridized carbons (Fsp3) is 0.103. The van der Waals surface area contributed by atoms with Gasteiger partial charge in [0, 0.05) is 39.3 Å². The number of fused-ring (bicyclic) bond motifs is 8. The number of nitrogens with two attached hydrogens (primary N) is 1. The first kappa shape index (κ1) is 21.1. The van der Waals surface area contributed by atoms with Gasteiger partial charge >= 0.3 is 0 Å². The maximum Gasteiger partial charge on any atom is 0.251 e. The van der Waals surface area contributed by atoms with Crippen LogP contribution in [0.5, 0.6) is 0 Å². The van der Waals surface area contributed by atoms with E-state index in [9.17, 15) is 9.18 Å². The Bertz CT molecular complexity index is 1730. The number of furan rings is 2. The minimum Gasteiger partial charge on any atom is -0.455 e. The number of carbonyl (C=O) groups excluding carboxylic acids is 1. The maximum absolute atomic E-state index is 13.3. The van der Waals surface area contributed by atoms with E-state index < -0.39 is 0 Å². The zero-order valence-corrected chi connectivity index (χ0v) is 19.3. The molecule has 0 saturated carbocycles. The largest absolute Gasteiger partial charge is 0.455 e. The number of aromatic nitrogens is 1. The summed E-state index contributed by atoms with van der Waals surface area (Å²) in [5.74, 6) is 0.0541. The van der Waals surface area contributed by atoms with Crippen molar-refractivity contribution in [1.29, 1.82) is 0 Å². The second kappa shape index (κ2) is 7.81. The summed E-state index contributed by atoms with van der Waals surface area (Å²) in [6.45, 7) is 4.23. The van der Waals surface area contributed by atoms with E-state index in [-0.39, 0.29) is 11.7 Å². The van der Waals surface area contributed by atoms with Crippen LogP contribution in [0.15, 0.2) is 71.1 Å². The predicted molar refractivity (Wildman–Crippen MR) is 137 cm³/mol. The van der Waals surface area contributed by atoms with E-state index in [0.29, 0.717) is 17.9 Å². The molecular formula is C29H22FN3O2. The third-order valence-electron chi connectivity index (χ3n) is 6.66. The fourth-order valence-electron chi connectivity index (χ4n) is 4.86. The van der Waals surface area contributed by atoms with Crippen LogP contribution in [0.1, 0.15) is 27.2 Å². The third kappa shape index (κ3) is 3.46. The maximum atomic E-state index is 13.3. The van der Waals surface area contributed by atoms with Gasteiger partial charge in [0.15, 0.2) is 0 Å². The van der Waals surface area contributed by atoms with Crippen molar-refractivity contribution in [3.63, 3.8) is 0 Å². The minimum absolute atomic E-state index is 0.163. The topological polar surface area (TPSA) is 81.1 Å². The Morgan fingerprint density at radius 3 is 2.26 bits per heavy atom. The molecule has 6 rings (SSSR count). The monoisotopic (exact) mass is 463 g/mol. The van der Waals surface area contributed by atoms with Gasteiger partial charge in [-0.05, 0) is 84.6 Å². The highest BCUT2D eigenvalue weighted by molar-refractivity contribution is 6.26. The number of halogens is 1. The number of aryl methyl sites for hydroxylation is 2. The number of hydrogen-bond donors (Lipinski definition) is 2. The Balaban J connectivity index is 1.33. The van der Waals surface area contributed by atoms with E-state index in [1.807, 2.05) is 50.2 Å². The summed E-state index contributed by atoms with van der Waals surface area (Å²) in [4.78, 5) is 17.2. The highest BCUT2D eigenvalue weighted by atomic mass is 19.1. The van der Waals surface area contributed by atoms with Gasteiger partial charge in [0.1, 0.15) is 22.8 Å². The summed E-state index contributed by atoms with van der Waals surface area (Å²) in [7, 11) is 0. The van der Waals surface area contributed by atoms with E-state index in [0.717, 1.165) is 60.7 Å². The van der Waals surface area contributed by atoms with Crippen LogP contribution in [0.3, 0.4) is 0 Å². The third-order valence-corrected chi connectivity index (χ3v) is 6.66. The highest BCUT2D eigenvalue weighted by Gasteiger charge is 2.19. The van der Waals surface area contributed by atoms with Gasteiger partial charge < -0.3 is 15.5 Å². The van der Waals surface area contributed by atoms with Crippen molar-refractivity contribution in [2.75, 3.05) is 5.73 Å². The van der Waals surface area contributed by atoms with Crippen LogP contribution in [0.4, 0.5) is 10.2 Å². The van der Waals surface area contributed by atoms with Gasteiger partial charge in [0.05, 0.1) is 0 Å². The number of amides is 1. The van der Waals surface area contributed by atoms with Crippen molar-refractivity contribution in [2.24, 2.45) is 0 Å². The molecule has 3 aromatic carbocycles. The van der Waals surface area contributed by atoms with E-state index in [1.165, 1.54) is 12.1 Å². The summed E-state index contributed by atoms with van der Waals surface area (Å²) in [5, 5.41) is 6.88. The smallest absolute Gasteiger partial charge is 0.251 e. The number of hydrogen-bond acceptors (Lipinski definition) is 4. The Morgan fingerprint density at radius 2 is 1.54 bits per heavy atom. The Morgan fingerprint density at radius 1 is 0.886 bits per heavy atom. The summed E-state index contributed by atoms with van der Waals surface area (Å²) >= 11 is 0. The average molecular weight is 464 g/mol. The quantitative estimate of drug-likeness (QED) is 0.292. The first-order valence-corrected chi connectivity index (χ1v) is 11.4. The van der Waals surface area contributed by atoms with Crippen LogP contribution in [0.25, 0.3) is 43.8 Å². The molecule has 3 N–H and O–H groups in total. The molecule has 2 bridgehead atoms. The number of benzene rings is 4. The SMILES string of the molecule is Cc1cc(N)nc(C)c1CNC(=O)c1ccc2c(c1)c1oc2c2cc(-c3ccc(F)cc3)ccc21. The van der Waals surface area contributed by atoms with Gasteiger partial charge in [-0.3, -0.25) is 4.79 Å². The van der Waals surface area contributed by atoms with Crippen LogP contribution < -0.4 is 11.1 Å². The molecule has 5 nitrogen and oxygen atoms in total. The lowest BCUT2D eigenvalue weighted by Crippen LogP contribution is -2.24. The molecule has 0 aliphatic carbocycles. The Kier molecular flexibility index (Phi) is 4.71. The molecule has 3 aromatic heterocycles. The number of carbonyl (C=O) groups is 1. The highest BCUT2D eigenvalue weighted by Crippen LogP contribution is 2.42. The molecule has 0 unspecified atom stereocenters. The normalized spacial score (nSPS) is 11.6. The molecule has 0 fully saturated rings. The molecule has 0 aliphatic rings. The molecule has 0 aliphatic heterocycles. The average Bonchev–Trinajstić information content (AvgIpc) is 3.40. The molecule has 6 aromatic rings. The Labute approximate surface area is 200 Å². The molecule has 0 spiro atoms. The van der Waals surface area contributed by atoms with Crippen molar-refractivity contribution in [3.05, 3.63) is 94.9 Å². The van der Waals surface area contributed by atoms with Crippen molar-refractivity contribution >= 4 is 44.4 Å². The number of pyridine rings is 1. The first-order valence-electron chi connectivity index (χ1n) is 11.4. The van der Waals surface area contributed by atoms with Gasteiger partial charge in [-0.2, -0.15) is 0 Å². The van der Waals surface area contributed by atoms with Crippen molar-refractivity contribution in [1.82, 2.24) is 10.3 Å². The second-order valence-corrected chi connectivity index (χ2v) is 8.90. The number of rotatable bonds is 4. The van der Waals surface area contributed by atoms with Gasteiger partial charge in [-0.15, -0.1) is 0 Å². The molecule has 0 saturated heterocycles. The lowest BCUT2D eigenvalue weighted by Gasteiger charge is -2.11. The first-order chi connectivity index (χ1) is 16.9. The van der Waals surface area contributed by atoms with Gasteiger partial charge in [0.2, 0.25) is 0 Å². The lowest BCUT2D eigenvalue weighted by atomic mass is 9.97. The van der Waals surface area contributed by atoms with Crippen molar-refractivity contribution < 1.29 is 13.6 Å². The Hall–Kier alpha value is -4.45. The fourth-order valence-corrected chi connectivity index (χ4v) is 4.86. The summed E-state index contributed by atoms with van der Waals surface area (Å²) < 4.78 is 19.5. The van der Waals surface area contributed by atoms with E-state index in [2.05, 4.69) is 16.4 Å². The van der Waals surface area contributed by atoms with Crippen LogP contribution in [-0.2, 0) is 6.54 Å². The lowest BCUT2D eigenvalue weighted by molar-refractivity contribution is 0.0951. The molecule has 3 heterocycles. The second-order valence-electron chi connectivity index (χ2n) is 8.90. The summed E-state index contributed by atoms with van der Waals surface area (Å²) in [6.07, 6.45) is 0. The number of nitrogens with zero attached hydrogens (tertiary/aromatic N) is 1. The molecular weight excluding hydrogens is 441 g/mol. The molecule has 1 amide bonds. The molecule has 6 heteroatoms. The van der Waals surface area contributed by atoms with Crippen molar-refractivity contribution in [2.45, 2.75) is 20.4 Å². The molecule has 0 atom stereocenters.